The first kappa shape index (κ1) is 26.0. The monoisotopic (exact) mass is 512 g/mol. The predicted molar refractivity (Wildman–Crippen MR) is 120 cm³/mol. The summed E-state index contributed by atoms with van der Waals surface area (Å²) in [5.74, 6) is -3.71. The lowest BCUT2D eigenvalue weighted by molar-refractivity contribution is -0.192. The maximum absolute atomic E-state index is 15.3. The van der Waals surface area contributed by atoms with Gasteiger partial charge in [-0.1, -0.05) is 12.1 Å². The number of aromatic nitrogens is 4. The molecule has 1 aromatic carbocycles. The summed E-state index contributed by atoms with van der Waals surface area (Å²) in [6.45, 7) is -0.795. The van der Waals surface area contributed by atoms with Gasteiger partial charge in [-0.15, -0.1) is 0 Å². The Labute approximate surface area is 202 Å². The topological polar surface area (TPSA) is 209 Å². The summed E-state index contributed by atoms with van der Waals surface area (Å²) < 4.78 is 26.4. The Kier molecular flexibility index (Phi) is 7.70. The number of hydrogen-bond acceptors (Lipinski definition) is 10. The molecule has 0 aliphatic rings. The molecule has 35 heavy (non-hydrogen) atoms. The van der Waals surface area contributed by atoms with E-state index in [2.05, 4.69) is 15.0 Å². The fourth-order valence-corrected chi connectivity index (χ4v) is 3.47. The summed E-state index contributed by atoms with van der Waals surface area (Å²) in [5.41, 5.74) is 9.17. The number of halogens is 2. The van der Waals surface area contributed by atoms with Crippen LogP contribution in [0.5, 0.6) is 0 Å². The molecular weight excluding hydrogens is 491 g/mol. The highest BCUT2D eigenvalue weighted by Gasteiger charge is 2.49. The van der Waals surface area contributed by atoms with Crippen LogP contribution in [0.3, 0.4) is 0 Å². The number of ether oxygens (including phenoxy) is 2. The molecule has 3 atom stereocenters. The lowest BCUT2D eigenvalue weighted by Crippen LogP contribution is -2.53. The molecule has 0 aliphatic carbocycles. The van der Waals surface area contributed by atoms with E-state index in [1.54, 1.807) is 0 Å². The molecule has 0 saturated heterocycles. The summed E-state index contributed by atoms with van der Waals surface area (Å²) >= 11 is 5.77. The minimum atomic E-state index is -2.75. The molecule has 15 heteroatoms. The lowest BCUT2D eigenvalue weighted by Gasteiger charge is -2.30. The van der Waals surface area contributed by atoms with Gasteiger partial charge in [-0.05, 0) is 29.3 Å². The second-order valence-corrected chi connectivity index (χ2v) is 7.84. The zero-order valence-corrected chi connectivity index (χ0v) is 19.0. The number of nitrogens with zero attached hydrogens (tertiary/aromatic N) is 4. The molecule has 0 aliphatic heterocycles. The van der Waals surface area contributed by atoms with E-state index in [1.807, 2.05) is 0 Å². The fraction of sp³-hybridized carbons (Fsp3) is 0.350. The van der Waals surface area contributed by atoms with Gasteiger partial charge in [-0.2, -0.15) is 9.97 Å². The lowest BCUT2D eigenvalue weighted by atomic mass is 9.94. The van der Waals surface area contributed by atoms with Crippen LogP contribution in [0.1, 0.15) is 11.9 Å². The van der Waals surface area contributed by atoms with Crippen LogP contribution in [0.4, 0.5) is 15.9 Å². The molecule has 0 spiro atoms. The number of carbonyl (C=O) groups is 2. The molecule has 0 fully saturated rings. The molecule has 2 heterocycles. The first-order valence-electron chi connectivity index (χ1n) is 9.95. The van der Waals surface area contributed by atoms with Crippen molar-refractivity contribution < 1.29 is 38.8 Å². The van der Waals surface area contributed by atoms with Crippen molar-refractivity contribution in [3.63, 3.8) is 0 Å². The van der Waals surface area contributed by atoms with Crippen LogP contribution >= 0.6 is 11.6 Å². The van der Waals surface area contributed by atoms with Crippen LogP contribution in [0.25, 0.3) is 11.2 Å². The Morgan fingerprint density at radius 3 is 2.40 bits per heavy atom. The van der Waals surface area contributed by atoms with Gasteiger partial charge < -0.3 is 36.3 Å². The molecule has 7 N–H and O–H groups in total. The standard InChI is InChI=1S/C20H22ClFN6O7/c1-34-11(13(29)14(22)28-8-25-12-15(24)26-19(21)27-16(12)28)7-35-20(17(30)31,18(32)33)6-9-2-4-10(23)5-3-9/h2-5,8,11,13-14,29H,6-7,23H2,1H3,(H,30,31)(H,32,33)(H2,24,26,27)/t11-,13-,14-/m1/s1. The number of imidazole rings is 1. The van der Waals surface area contributed by atoms with Crippen molar-refractivity contribution in [2.75, 3.05) is 25.2 Å². The highest BCUT2D eigenvalue weighted by atomic mass is 35.5. The maximum Gasteiger partial charge on any atom is 0.348 e. The van der Waals surface area contributed by atoms with Crippen LogP contribution in [0.15, 0.2) is 30.6 Å². The summed E-state index contributed by atoms with van der Waals surface area (Å²) in [6, 6.07) is 5.83. The normalized spacial score (nSPS) is 14.5. The first-order chi connectivity index (χ1) is 16.5. The number of alkyl halides is 1. The molecule has 0 bridgehead atoms. The second kappa shape index (κ2) is 10.4. The quantitative estimate of drug-likeness (QED) is 0.136. The summed E-state index contributed by atoms with van der Waals surface area (Å²) in [7, 11) is 1.11. The molecule has 3 rings (SSSR count). The van der Waals surface area contributed by atoms with E-state index in [9.17, 15) is 24.9 Å². The Bertz CT molecular complexity index is 1210. The highest BCUT2D eigenvalue weighted by molar-refractivity contribution is 6.28. The molecule has 13 nitrogen and oxygen atoms in total. The number of nitrogens with two attached hydrogens (primary N) is 2. The molecule has 0 saturated carbocycles. The summed E-state index contributed by atoms with van der Waals surface area (Å²) in [5, 5.41) is 29.7. The van der Waals surface area contributed by atoms with Gasteiger partial charge in [0.15, 0.2) is 11.5 Å². The Morgan fingerprint density at radius 1 is 1.20 bits per heavy atom. The smallest absolute Gasteiger partial charge is 0.348 e. The highest BCUT2D eigenvalue weighted by Crippen LogP contribution is 2.27. The third-order valence-electron chi connectivity index (χ3n) is 5.27. The third-order valence-corrected chi connectivity index (χ3v) is 5.44. The number of rotatable bonds is 11. The minimum absolute atomic E-state index is 0.0359. The van der Waals surface area contributed by atoms with Crippen molar-refractivity contribution in [1.82, 2.24) is 19.5 Å². The zero-order valence-electron chi connectivity index (χ0n) is 18.2. The van der Waals surface area contributed by atoms with Crippen molar-refractivity contribution in [3.05, 3.63) is 41.4 Å². The first-order valence-corrected chi connectivity index (χ1v) is 10.3. The number of anilines is 2. The van der Waals surface area contributed by atoms with Crippen LogP contribution in [-0.4, -0.2) is 78.3 Å². The number of nitrogen functional groups attached to an aromatic ring is 2. The Balaban J connectivity index is 1.84. The van der Waals surface area contributed by atoms with Crippen molar-refractivity contribution in [2.45, 2.75) is 30.5 Å². The van der Waals surface area contributed by atoms with Gasteiger partial charge in [0.2, 0.25) is 11.6 Å². The number of fused-ring (bicyclic) bond motifs is 1. The summed E-state index contributed by atoms with van der Waals surface area (Å²) in [4.78, 5) is 35.4. The number of hydrogen-bond donors (Lipinski definition) is 5. The van der Waals surface area contributed by atoms with E-state index < -0.39 is 49.1 Å². The molecule has 3 aromatic rings. The number of carboxylic acid groups (broad SMARTS) is 2. The molecule has 2 aromatic heterocycles. The average molecular weight is 513 g/mol. The predicted octanol–water partition coefficient (Wildman–Crippen LogP) is 0.655. The SMILES string of the molecule is CO[C@H](COC(Cc1ccc(N)cc1)(C(=O)O)C(=O)O)[C@@H](O)[C@H](F)n1cnc2c(N)nc(Cl)nc21. The molecule has 0 radical (unpaired) electrons. The van der Waals surface area contributed by atoms with Gasteiger partial charge in [0.25, 0.3) is 5.60 Å². The van der Waals surface area contributed by atoms with Crippen molar-refractivity contribution >= 4 is 46.2 Å². The van der Waals surface area contributed by atoms with Gasteiger partial charge >= 0.3 is 11.9 Å². The van der Waals surface area contributed by atoms with Crippen molar-refractivity contribution in [1.29, 1.82) is 0 Å². The van der Waals surface area contributed by atoms with Crippen molar-refractivity contribution in [2.24, 2.45) is 0 Å². The van der Waals surface area contributed by atoms with E-state index in [1.165, 1.54) is 24.3 Å². The number of benzene rings is 1. The number of aliphatic hydroxyl groups excluding tert-OH is 1. The van der Waals surface area contributed by atoms with E-state index >= 15 is 4.39 Å². The van der Waals surface area contributed by atoms with Gasteiger partial charge in [-0.3, -0.25) is 4.57 Å². The molecular formula is C20H22ClFN6O7. The van der Waals surface area contributed by atoms with Gasteiger partial charge in [0.05, 0.1) is 12.9 Å². The van der Waals surface area contributed by atoms with Crippen LogP contribution in [-0.2, 0) is 25.5 Å². The Morgan fingerprint density at radius 2 is 1.83 bits per heavy atom. The van der Waals surface area contributed by atoms with Crippen LogP contribution in [0, 0.1) is 0 Å². The number of aliphatic carboxylic acids is 2. The van der Waals surface area contributed by atoms with Crippen LogP contribution in [0.2, 0.25) is 5.28 Å². The molecule has 0 unspecified atom stereocenters. The summed E-state index contributed by atoms with van der Waals surface area (Å²) in [6.07, 6.45) is -5.27. The molecule has 188 valence electrons. The van der Waals surface area contributed by atoms with Crippen LogP contribution < -0.4 is 11.5 Å². The third kappa shape index (κ3) is 5.24. The second-order valence-electron chi connectivity index (χ2n) is 7.51. The minimum Gasteiger partial charge on any atom is -0.479 e. The van der Waals surface area contributed by atoms with E-state index in [-0.39, 0.29) is 22.3 Å². The zero-order chi connectivity index (χ0) is 25.9. The van der Waals surface area contributed by atoms with E-state index in [4.69, 9.17) is 32.5 Å². The maximum atomic E-state index is 15.3. The average Bonchev–Trinajstić information content (AvgIpc) is 3.23. The van der Waals surface area contributed by atoms with Gasteiger partial charge in [0.1, 0.15) is 17.7 Å². The molecule has 0 amide bonds. The number of carboxylic acids is 2. The largest absolute Gasteiger partial charge is 0.479 e. The van der Waals surface area contributed by atoms with Gasteiger partial charge in [-0.25, -0.2) is 19.0 Å². The number of aliphatic hydroxyl groups is 1. The van der Waals surface area contributed by atoms with Gasteiger partial charge in [0, 0.05) is 19.2 Å². The Hall–Kier alpha value is -3.59. The van der Waals surface area contributed by atoms with E-state index in [0.29, 0.717) is 11.3 Å². The van der Waals surface area contributed by atoms with E-state index in [0.717, 1.165) is 18.0 Å². The number of methoxy groups -OCH3 is 1. The van der Waals surface area contributed by atoms with Crippen molar-refractivity contribution in [3.8, 4) is 0 Å². The fourth-order valence-electron chi connectivity index (χ4n) is 3.30.